The van der Waals surface area contributed by atoms with Crippen molar-refractivity contribution in [2.24, 2.45) is 0 Å². The lowest BCUT2D eigenvalue weighted by atomic mass is 10.0. The number of para-hydroxylation sites is 1. The first-order valence-corrected chi connectivity index (χ1v) is 6.42. The lowest BCUT2D eigenvalue weighted by Gasteiger charge is -2.07. The van der Waals surface area contributed by atoms with E-state index in [1.807, 2.05) is 18.2 Å². The van der Waals surface area contributed by atoms with Crippen LogP contribution in [0, 0.1) is 5.82 Å². The molecule has 3 rings (SSSR count). The standard InChI is InChI=1S/C17H12FNO2/c1-21-15-8-7-12(10-14(15)18)17(20)13-6-2-4-11-5-3-9-19-16(11)13/h2-10H,1H3. The number of fused-ring (bicyclic) bond motifs is 1. The second kappa shape index (κ2) is 5.32. The van der Waals surface area contributed by atoms with Crippen LogP contribution in [0.3, 0.4) is 0 Å². The normalized spacial score (nSPS) is 10.6. The molecule has 0 saturated carbocycles. The van der Waals surface area contributed by atoms with Crippen LogP contribution in [-0.2, 0) is 0 Å². The Morgan fingerprint density at radius 2 is 1.95 bits per heavy atom. The van der Waals surface area contributed by atoms with E-state index in [9.17, 15) is 9.18 Å². The largest absolute Gasteiger partial charge is 0.494 e. The Kier molecular flexibility index (Phi) is 3.36. The van der Waals surface area contributed by atoms with Crippen LogP contribution in [0.5, 0.6) is 5.75 Å². The topological polar surface area (TPSA) is 39.2 Å². The molecule has 0 bridgehead atoms. The Morgan fingerprint density at radius 1 is 1.14 bits per heavy atom. The van der Waals surface area contributed by atoms with Gasteiger partial charge in [-0.15, -0.1) is 0 Å². The molecule has 1 aromatic heterocycles. The van der Waals surface area contributed by atoms with Crippen LogP contribution in [0.4, 0.5) is 4.39 Å². The molecule has 0 spiro atoms. The van der Waals surface area contributed by atoms with Crippen LogP contribution >= 0.6 is 0 Å². The van der Waals surface area contributed by atoms with Gasteiger partial charge in [-0.2, -0.15) is 0 Å². The lowest BCUT2D eigenvalue weighted by Crippen LogP contribution is -2.04. The minimum atomic E-state index is -0.559. The Morgan fingerprint density at radius 3 is 2.71 bits per heavy atom. The molecule has 1 heterocycles. The van der Waals surface area contributed by atoms with Crippen molar-refractivity contribution in [1.29, 1.82) is 0 Å². The summed E-state index contributed by atoms with van der Waals surface area (Å²) in [7, 11) is 1.38. The highest BCUT2D eigenvalue weighted by atomic mass is 19.1. The molecular weight excluding hydrogens is 269 g/mol. The van der Waals surface area contributed by atoms with Gasteiger partial charge in [0, 0.05) is 22.7 Å². The monoisotopic (exact) mass is 281 g/mol. The molecule has 0 aliphatic rings. The van der Waals surface area contributed by atoms with E-state index in [4.69, 9.17) is 4.74 Å². The second-order valence-electron chi connectivity index (χ2n) is 4.56. The van der Waals surface area contributed by atoms with Gasteiger partial charge in [-0.1, -0.05) is 18.2 Å². The minimum absolute atomic E-state index is 0.114. The predicted octanol–water partition coefficient (Wildman–Crippen LogP) is 3.61. The number of hydrogen-bond acceptors (Lipinski definition) is 3. The second-order valence-corrected chi connectivity index (χ2v) is 4.56. The number of methoxy groups -OCH3 is 1. The molecule has 104 valence electrons. The van der Waals surface area contributed by atoms with E-state index < -0.39 is 5.82 Å². The maximum absolute atomic E-state index is 13.7. The van der Waals surface area contributed by atoms with Crippen molar-refractivity contribution >= 4 is 16.7 Å². The van der Waals surface area contributed by atoms with Gasteiger partial charge in [0.15, 0.2) is 17.3 Å². The number of carbonyl (C=O) groups excluding carboxylic acids is 1. The third-order valence-electron chi connectivity index (χ3n) is 3.29. The smallest absolute Gasteiger partial charge is 0.195 e. The van der Waals surface area contributed by atoms with Crippen LogP contribution in [-0.4, -0.2) is 17.9 Å². The Labute approximate surface area is 121 Å². The molecule has 0 saturated heterocycles. The summed E-state index contributed by atoms with van der Waals surface area (Å²) >= 11 is 0. The highest BCUT2D eigenvalue weighted by Gasteiger charge is 2.15. The summed E-state index contributed by atoms with van der Waals surface area (Å²) in [5, 5.41) is 0.873. The summed E-state index contributed by atoms with van der Waals surface area (Å²) in [4.78, 5) is 16.8. The zero-order valence-electron chi connectivity index (χ0n) is 11.3. The van der Waals surface area contributed by atoms with Crippen molar-refractivity contribution in [1.82, 2.24) is 4.98 Å². The first-order chi connectivity index (χ1) is 10.2. The molecule has 0 amide bonds. The van der Waals surface area contributed by atoms with E-state index in [-0.39, 0.29) is 17.1 Å². The van der Waals surface area contributed by atoms with Gasteiger partial charge in [-0.25, -0.2) is 4.39 Å². The maximum atomic E-state index is 13.7. The number of benzene rings is 2. The van der Waals surface area contributed by atoms with Crippen LogP contribution < -0.4 is 4.74 Å². The number of halogens is 1. The predicted molar refractivity (Wildman–Crippen MR) is 78.1 cm³/mol. The van der Waals surface area contributed by atoms with E-state index in [2.05, 4.69) is 4.98 Å². The molecule has 0 fully saturated rings. The zero-order chi connectivity index (χ0) is 14.8. The van der Waals surface area contributed by atoms with Gasteiger partial charge in [0.2, 0.25) is 0 Å². The van der Waals surface area contributed by atoms with Crippen molar-refractivity contribution in [2.45, 2.75) is 0 Å². The summed E-state index contributed by atoms with van der Waals surface area (Å²) in [6.07, 6.45) is 1.63. The van der Waals surface area contributed by atoms with E-state index >= 15 is 0 Å². The highest BCUT2D eigenvalue weighted by molar-refractivity contribution is 6.15. The SMILES string of the molecule is COc1ccc(C(=O)c2cccc3cccnc23)cc1F. The molecule has 0 radical (unpaired) electrons. The minimum Gasteiger partial charge on any atom is -0.494 e. The molecule has 4 heteroatoms. The van der Waals surface area contributed by atoms with Gasteiger partial charge in [0.25, 0.3) is 0 Å². The Hall–Kier alpha value is -2.75. The van der Waals surface area contributed by atoms with Crippen LogP contribution in [0.1, 0.15) is 15.9 Å². The van der Waals surface area contributed by atoms with Crippen LogP contribution in [0.15, 0.2) is 54.7 Å². The van der Waals surface area contributed by atoms with Gasteiger partial charge >= 0.3 is 0 Å². The fourth-order valence-electron chi connectivity index (χ4n) is 2.25. The van der Waals surface area contributed by atoms with Gasteiger partial charge in [-0.3, -0.25) is 9.78 Å². The molecule has 0 N–H and O–H groups in total. The molecule has 0 aliphatic carbocycles. The van der Waals surface area contributed by atoms with E-state index in [0.29, 0.717) is 11.1 Å². The van der Waals surface area contributed by atoms with E-state index in [1.165, 1.54) is 19.2 Å². The fourth-order valence-corrected chi connectivity index (χ4v) is 2.25. The fraction of sp³-hybridized carbons (Fsp3) is 0.0588. The first kappa shape index (κ1) is 13.2. The number of pyridine rings is 1. The van der Waals surface area contributed by atoms with Crippen molar-refractivity contribution in [3.63, 3.8) is 0 Å². The number of aromatic nitrogens is 1. The number of carbonyl (C=O) groups is 1. The third kappa shape index (κ3) is 2.36. The van der Waals surface area contributed by atoms with Crippen molar-refractivity contribution in [2.75, 3.05) is 7.11 Å². The number of nitrogens with zero attached hydrogens (tertiary/aromatic N) is 1. The lowest BCUT2D eigenvalue weighted by molar-refractivity contribution is 0.103. The molecule has 0 aliphatic heterocycles. The van der Waals surface area contributed by atoms with Crippen molar-refractivity contribution in [3.05, 3.63) is 71.7 Å². The maximum Gasteiger partial charge on any atom is 0.195 e. The van der Waals surface area contributed by atoms with Crippen LogP contribution in [0.2, 0.25) is 0 Å². The molecular formula is C17H12FNO2. The Bertz CT molecular complexity index is 825. The Balaban J connectivity index is 2.10. The summed E-state index contributed by atoms with van der Waals surface area (Å²) in [6, 6.07) is 13.2. The third-order valence-corrected chi connectivity index (χ3v) is 3.29. The summed E-state index contributed by atoms with van der Waals surface area (Å²) < 4.78 is 18.6. The summed E-state index contributed by atoms with van der Waals surface area (Å²) in [6.45, 7) is 0. The highest BCUT2D eigenvalue weighted by Crippen LogP contribution is 2.22. The van der Waals surface area contributed by atoms with E-state index in [1.54, 1.807) is 24.4 Å². The van der Waals surface area contributed by atoms with E-state index in [0.717, 1.165) is 5.39 Å². The molecule has 0 atom stereocenters. The molecule has 3 nitrogen and oxygen atoms in total. The van der Waals surface area contributed by atoms with Crippen molar-refractivity contribution < 1.29 is 13.9 Å². The molecule has 3 aromatic rings. The number of ketones is 1. The molecule has 0 unspecified atom stereocenters. The van der Waals surface area contributed by atoms with Gasteiger partial charge in [0.05, 0.1) is 12.6 Å². The van der Waals surface area contributed by atoms with Gasteiger partial charge < -0.3 is 4.74 Å². The van der Waals surface area contributed by atoms with Crippen molar-refractivity contribution in [3.8, 4) is 5.75 Å². The zero-order valence-corrected chi connectivity index (χ0v) is 11.3. The molecule has 21 heavy (non-hydrogen) atoms. The average molecular weight is 281 g/mol. The summed E-state index contributed by atoms with van der Waals surface area (Å²) in [5.74, 6) is -0.708. The van der Waals surface area contributed by atoms with Gasteiger partial charge in [0.1, 0.15) is 0 Å². The van der Waals surface area contributed by atoms with Gasteiger partial charge in [-0.05, 0) is 30.3 Å². The number of hydrogen-bond donors (Lipinski definition) is 0. The average Bonchev–Trinajstić information content (AvgIpc) is 2.53. The number of rotatable bonds is 3. The molecule has 2 aromatic carbocycles. The number of ether oxygens (including phenoxy) is 1. The first-order valence-electron chi connectivity index (χ1n) is 6.42. The quantitative estimate of drug-likeness (QED) is 0.688. The summed E-state index contributed by atoms with van der Waals surface area (Å²) in [5.41, 5.74) is 1.34. The van der Waals surface area contributed by atoms with Crippen LogP contribution in [0.25, 0.3) is 10.9 Å².